The molecule has 0 radical (unpaired) electrons. The van der Waals surface area contributed by atoms with E-state index in [9.17, 15) is 4.79 Å². The highest BCUT2D eigenvalue weighted by Gasteiger charge is 2.26. The third kappa shape index (κ3) is 4.54. The largest absolute Gasteiger partial charge is 0.491 e. The van der Waals surface area contributed by atoms with Gasteiger partial charge < -0.3 is 18.9 Å². The third-order valence-electron chi connectivity index (χ3n) is 6.24. The molecule has 4 aromatic rings. The third-order valence-corrected chi connectivity index (χ3v) is 6.24. The molecule has 0 saturated carbocycles. The first-order valence-electron chi connectivity index (χ1n) is 12.0. The SMILES string of the molecule is CCCN(C(=O)OC(C)(C)C)[C@@H](C)COc1ccc2c(c1)c1cc3cnccc3c(C)c1n2C. The van der Waals surface area contributed by atoms with Crippen LogP contribution in [-0.4, -0.2) is 45.3 Å². The molecule has 0 N–H and O–H groups in total. The fourth-order valence-electron chi connectivity index (χ4n) is 4.65. The van der Waals surface area contributed by atoms with E-state index < -0.39 is 5.60 Å². The van der Waals surface area contributed by atoms with Crippen molar-refractivity contribution in [2.24, 2.45) is 7.05 Å². The van der Waals surface area contributed by atoms with E-state index in [0.29, 0.717) is 13.2 Å². The van der Waals surface area contributed by atoms with Crippen molar-refractivity contribution in [3.8, 4) is 5.75 Å². The number of nitrogens with zero attached hydrogens (tertiary/aromatic N) is 3. The van der Waals surface area contributed by atoms with Gasteiger partial charge in [0, 0.05) is 47.7 Å². The molecular formula is C28H35N3O3. The Labute approximate surface area is 201 Å². The number of amides is 1. The van der Waals surface area contributed by atoms with Crippen molar-refractivity contribution < 1.29 is 14.3 Å². The van der Waals surface area contributed by atoms with E-state index in [1.54, 1.807) is 4.90 Å². The number of hydrogen-bond donors (Lipinski definition) is 0. The molecule has 0 fully saturated rings. The first-order valence-corrected chi connectivity index (χ1v) is 12.0. The van der Waals surface area contributed by atoms with E-state index in [0.717, 1.165) is 28.5 Å². The summed E-state index contributed by atoms with van der Waals surface area (Å²) in [7, 11) is 2.11. The molecule has 180 valence electrons. The van der Waals surface area contributed by atoms with Crippen LogP contribution >= 0.6 is 0 Å². The molecule has 2 heterocycles. The molecule has 6 heteroatoms. The molecule has 0 spiro atoms. The fourth-order valence-corrected chi connectivity index (χ4v) is 4.65. The van der Waals surface area contributed by atoms with Crippen LogP contribution in [0.5, 0.6) is 5.75 Å². The highest BCUT2D eigenvalue weighted by Crippen LogP contribution is 2.36. The van der Waals surface area contributed by atoms with Crippen molar-refractivity contribution in [1.82, 2.24) is 14.5 Å². The lowest BCUT2D eigenvalue weighted by molar-refractivity contribution is 0.0130. The van der Waals surface area contributed by atoms with Gasteiger partial charge in [0.1, 0.15) is 18.0 Å². The Balaban J connectivity index is 1.62. The molecule has 6 nitrogen and oxygen atoms in total. The van der Waals surface area contributed by atoms with Crippen molar-refractivity contribution in [2.45, 2.75) is 59.6 Å². The zero-order valence-electron chi connectivity index (χ0n) is 21.3. The van der Waals surface area contributed by atoms with Gasteiger partial charge in [-0.1, -0.05) is 6.92 Å². The average Bonchev–Trinajstić information content (AvgIpc) is 3.06. The van der Waals surface area contributed by atoms with Crippen molar-refractivity contribution in [3.63, 3.8) is 0 Å². The minimum Gasteiger partial charge on any atom is -0.491 e. The average molecular weight is 462 g/mol. The molecule has 0 saturated heterocycles. The lowest BCUT2D eigenvalue weighted by Crippen LogP contribution is -2.45. The number of ether oxygens (including phenoxy) is 2. The molecule has 0 aliphatic heterocycles. The van der Waals surface area contributed by atoms with Gasteiger partial charge in [0.05, 0.1) is 11.6 Å². The lowest BCUT2D eigenvalue weighted by atomic mass is 10.0. The Morgan fingerprint density at radius 3 is 2.62 bits per heavy atom. The maximum Gasteiger partial charge on any atom is 0.410 e. The summed E-state index contributed by atoms with van der Waals surface area (Å²) in [5, 5.41) is 4.69. The summed E-state index contributed by atoms with van der Waals surface area (Å²) < 4.78 is 14.0. The zero-order valence-corrected chi connectivity index (χ0v) is 21.3. The minimum atomic E-state index is -0.527. The van der Waals surface area contributed by atoms with Crippen molar-refractivity contribution in [3.05, 3.63) is 48.3 Å². The first-order chi connectivity index (χ1) is 16.1. The van der Waals surface area contributed by atoms with Crippen LogP contribution in [0.1, 0.15) is 46.6 Å². The van der Waals surface area contributed by atoms with E-state index >= 15 is 0 Å². The number of carbonyl (C=O) groups excluding carboxylic acids is 1. The molecule has 0 aliphatic rings. The number of rotatable bonds is 6. The summed E-state index contributed by atoms with van der Waals surface area (Å²) in [4.78, 5) is 18.8. The quantitative estimate of drug-likeness (QED) is 0.324. The molecule has 1 atom stereocenters. The number of aromatic nitrogens is 2. The number of hydrogen-bond acceptors (Lipinski definition) is 4. The van der Waals surface area contributed by atoms with Gasteiger partial charge in [-0.2, -0.15) is 0 Å². The number of fused-ring (bicyclic) bond motifs is 4. The van der Waals surface area contributed by atoms with E-state index in [1.165, 1.54) is 21.9 Å². The highest BCUT2D eigenvalue weighted by atomic mass is 16.6. The zero-order chi connectivity index (χ0) is 24.6. The maximum absolute atomic E-state index is 12.7. The number of aryl methyl sites for hydroxylation is 2. The Morgan fingerprint density at radius 1 is 1.15 bits per heavy atom. The van der Waals surface area contributed by atoms with Crippen LogP contribution < -0.4 is 4.74 Å². The molecule has 4 rings (SSSR count). The van der Waals surface area contributed by atoms with Crippen LogP contribution in [0.25, 0.3) is 32.6 Å². The van der Waals surface area contributed by atoms with E-state index in [4.69, 9.17) is 9.47 Å². The van der Waals surface area contributed by atoms with Gasteiger partial charge >= 0.3 is 6.09 Å². The predicted octanol–water partition coefficient (Wildman–Crippen LogP) is 6.60. The molecule has 0 bridgehead atoms. The maximum atomic E-state index is 12.7. The van der Waals surface area contributed by atoms with Crippen LogP contribution in [0.2, 0.25) is 0 Å². The topological polar surface area (TPSA) is 56.6 Å². The normalized spacial score (nSPS) is 12.9. The Kier molecular flexibility index (Phi) is 6.43. The molecule has 2 aromatic heterocycles. The smallest absolute Gasteiger partial charge is 0.410 e. The van der Waals surface area contributed by atoms with Gasteiger partial charge in [-0.3, -0.25) is 4.98 Å². The van der Waals surface area contributed by atoms with E-state index in [1.807, 2.05) is 46.2 Å². The molecule has 0 unspecified atom stereocenters. The lowest BCUT2D eigenvalue weighted by Gasteiger charge is -2.31. The van der Waals surface area contributed by atoms with Gasteiger partial charge in [-0.25, -0.2) is 4.79 Å². The Bertz CT molecular complexity index is 1350. The van der Waals surface area contributed by atoms with Crippen LogP contribution in [0, 0.1) is 6.92 Å². The molecular weight excluding hydrogens is 426 g/mol. The second-order valence-electron chi connectivity index (χ2n) is 10.1. The van der Waals surface area contributed by atoms with Crippen molar-refractivity contribution in [1.29, 1.82) is 0 Å². The van der Waals surface area contributed by atoms with Crippen LogP contribution in [0.4, 0.5) is 4.79 Å². The van der Waals surface area contributed by atoms with Gasteiger partial charge in [0.25, 0.3) is 0 Å². The summed E-state index contributed by atoms with van der Waals surface area (Å²) in [5.41, 5.74) is 3.10. The Hall–Kier alpha value is -3.28. The van der Waals surface area contributed by atoms with Crippen LogP contribution in [-0.2, 0) is 11.8 Å². The Morgan fingerprint density at radius 2 is 1.91 bits per heavy atom. The molecule has 2 aromatic carbocycles. The predicted molar refractivity (Wildman–Crippen MR) is 139 cm³/mol. The van der Waals surface area contributed by atoms with Gasteiger partial charge in [0.2, 0.25) is 0 Å². The fraction of sp³-hybridized carbons (Fsp3) is 0.429. The highest BCUT2D eigenvalue weighted by molar-refractivity contribution is 6.14. The summed E-state index contributed by atoms with van der Waals surface area (Å²) in [5.74, 6) is 0.788. The van der Waals surface area contributed by atoms with Crippen molar-refractivity contribution >= 4 is 38.7 Å². The summed E-state index contributed by atoms with van der Waals surface area (Å²) >= 11 is 0. The number of benzene rings is 2. The number of pyridine rings is 1. The van der Waals surface area contributed by atoms with Crippen LogP contribution in [0.3, 0.4) is 0 Å². The summed E-state index contributed by atoms with van der Waals surface area (Å²) in [6, 6.07) is 10.4. The van der Waals surface area contributed by atoms with Gasteiger partial charge in [0.15, 0.2) is 0 Å². The number of carbonyl (C=O) groups is 1. The first kappa shape index (κ1) is 23.9. The molecule has 1 amide bonds. The molecule has 0 aliphatic carbocycles. The second kappa shape index (κ2) is 9.16. The standard InChI is InChI=1S/C28H35N3O3/c1-8-13-31(27(32)34-28(4,5)6)18(2)17-33-21-9-10-25-23(15-21)24-14-20-16-29-12-11-22(20)19(3)26(24)30(25)7/h9-12,14-16,18H,8,13,17H2,1-7H3/t18-/m0/s1. The summed E-state index contributed by atoms with van der Waals surface area (Å²) in [6.45, 7) is 12.9. The van der Waals surface area contributed by atoms with E-state index in [-0.39, 0.29) is 12.1 Å². The second-order valence-corrected chi connectivity index (χ2v) is 10.1. The van der Waals surface area contributed by atoms with Gasteiger partial charge in [-0.05, 0) is 82.3 Å². The summed E-state index contributed by atoms with van der Waals surface area (Å²) in [6.07, 6.45) is 4.32. The minimum absolute atomic E-state index is 0.115. The monoisotopic (exact) mass is 461 g/mol. The van der Waals surface area contributed by atoms with Gasteiger partial charge in [-0.15, -0.1) is 0 Å². The van der Waals surface area contributed by atoms with E-state index in [2.05, 4.69) is 54.7 Å². The molecule has 34 heavy (non-hydrogen) atoms. The van der Waals surface area contributed by atoms with Crippen LogP contribution in [0.15, 0.2) is 42.7 Å². The van der Waals surface area contributed by atoms with Crippen molar-refractivity contribution in [2.75, 3.05) is 13.2 Å².